The molecule has 4 amide bonds. The van der Waals surface area contributed by atoms with E-state index in [2.05, 4.69) is 0 Å². The van der Waals surface area contributed by atoms with Crippen molar-refractivity contribution in [2.75, 3.05) is 26.7 Å². The van der Waals surface area contributed by atoms with Gasteiger partial charge < -0.3 is 14.9 Å². The maximum atomic E-state index is 12.3. The van der Waals surface area contributed by atoms with Crippen molar-refractivity contribution in [1.29, 1.82) is 0 Å². The lowest BCUT2D eigenvalue weighted by molar-refractivity contribution is -0.155. The minimum Gasteiger partial charge on any atom is -0.480 e. The molecular formula is C13H19N3O5. The first-order valence-corrected chi connectivity index (χ1v) is 6.90. The molecule has 0 aromatic heterocycles. The summed E-state index contributed by atoms with van der Waals surface area (Å²) in [4.78, 5) is 50.5. The lowest BCUT2D eigenvalue weighted by Gasteiger charge is -2.37. The van der Waals surface area contributed by atoms with E-state index in [1.165, 1.54) is 16.8 Å². The molecule has 2 aliphatic rings. The van der Waals surface area contributed by atoms with Gasteiger partial charge in [-0.1, -0.05) is 6.92 Å². The molecule has 0 aliphatic carbocycles. The lowest BCUT2D eigenvalue weighted by Crippen LogP contribution is -2.54. The molecule has 0 saturated carbocycles. The number of urea groups is 1. The Morgan fingerprint density at radius 1 is 1.33 bits per heavy atom. The van der Waals surface area contributed by atoms with E-state index in [0.29, 0.717) is 6.54 Å². The summed E-state index contributed by atoms with van der Waals surface area (Å²) in [5.41, 5.74) is 0. The number of imide groups is 1. The summed E-state index contributed by atoms with van der Waals surface area (Å²) in [5.74, 6) is -2.13. The number of amides is 4. The van der Waals surface area contributed by atoms with Gasteiger partial charge in [0.05, 0.1) is 0 Å². The highest BCUT2D eigenvalue weighted by molar-refractivity contribution is 6.04. The van der Waals surface area contributed by atoms with Crippen LogP contribution >= 0.6 is 0 Å². The lowest BCUT2D eigenvalue weighted by atomic mass is 9.90. The maximum Gasteiger partial charge on any atom is 0.327 e. The van der Waals surface area contributed by atoms with Gasteiger partial charge in [0, 0.05) is 13.6 Å². The Morgan fingerprint density at radius 3 is 2.52 bits per heavy atom. The number of hydrogen-bond acceptors (Lipinski definition) is 4. The monoisotopic (exact) mass is 297 g/mol. The summed E-state index contributed by atoms with van der Waals surface area (Å²) in [5, 5.41) is 9.29. The second-order valence-corrected chi connectivity index (χ2v) is 5.61. The predicted molar refractivity (Wildman–Crippen MR) is 71.3 cm³/mol. The molecule has 0 aromatic rings. The maximum absolute atomic E-state index is 12.3. The Balaban J connectivity index is 2.10. The normalized spacial score (nSPS) is 26.5. The smallest absolute Gasteiger partial charge is 0.327 e. The fraction of sp³-hybridized carbons (Fsp3) is 0.692. The van der Waals surface area contributed by atoms with Gasteiger partial charge in [0.1, 0.15) is 19.1 Å². The molecule has 2 unspecified atom stereocenters. The number of aliphatic carboxylic acids is 1. The molecule has 21 heavy (non-hydrogen) atoms. The van der Waals surface area contributed by atoms with Crippen LogP contribution in [0.15, 0.2) is 0 Å². The molecule has 0 bridgehead atoms. The summed E-state index contributed by atoms with van der Waals surface area (Å²) in [6.07, 6.45) is 1.46. The second-order valence-electron chi connectivity index (χ2n) is 5.61. The fourth-order valence-electron chi connectivity index (χ4n) is 2.89. The van der Waals surface area contributed by atoms with E-state index in [1.807, 2.05) is 0 Å². The number of hydrogen-bond donors (Lipinski definition) is 1. The summed E-state index contributed by atoms with van der Waals surface area (Å²) in [7, 11) is 1.48. The zero-order chi connectivity index (χ0) is 15.7. The Kier molecular flexibility index (Phi) is 4.15. The predicted octanol–water partition coefficient (Wildman–Crippen LogP) is -0.408. The minimum absolute atomic E-state index is 0.0507. The highest BCUT2D eigenvalue weighted by Crippen LogP contribution is 2.24. The first kappa shape index (κ1) is 15.3. The van der Waals surface area contributed by atoms with E-state index in [9.17, 15) is 24.3 Å². The molecule has 2 rings (SSSR count). The quantitative estimate of drug-likeness (QED) is 0.714. The van der Waals surface area contributed by atoms with Crippen LogP contribution in [-0.2, 0) is 14.4 Å². The number of carbonyl (C=O) groups excluding carboxylic acids is 3. The van der Waals surface area contributed by atoms with Gasteiger partial charge in [-0.05, 0) is 18.8 Å². The van der Waals surface area contributed by atoms with Crippen molar-refractivity contribution in [3.63, 3.8) is 0 Å². The van der Waals surface area contributed by atoms with Crippen LogP contribution in [0.25, 0.3) is 0 Å². The minimum atomic E-state index is -1.05. The first-order chi connectivity index (χ1) is 9.82. The van der Waals surface area contributed by atoms with Gasteiger partial charge in [0.25, 0.3) is 5.91 Å². The molecule has 116 valence electrons. The zero-order valence-electron chi connectivity index (χ0n) is 12.1. The van der Waals surface area contributed by atoms with E-state index < -0.39 is 36.4 Å². The second kappa shape index (κ2) is 5.71. The molecule has 0 radical (unpaired) electrons. The fourth-order valence-corrected chi connectivity index (χ4v) is 2.89. The molecule has 2 atom stereocenters. The third-order valence-corrected chi connectivity index (χ3v) is 4.03. The van der Waals surface area contributed by atoms with Crippen molar-refractivity contribution in [3.05, 3.63) is 0 Å². The van der Waals surface area contributed by atoms with Crippen LogP contribution < -0.4 is 0 Å². The van der Waals surface area contributed by atoms with Gasteiger partial charge in [-0.15, -0.1) is 0 Å². The molecular weight excluding hydrogens is 278 g/mol. The number of carbonyl (C=O) groups is 4. The number of piperidine rings is 1. The van der Waals surface area contributed by atoms with Gasteiger partial charge in [0.15, 0.2) is 0 Å². The third-order valence-electron chi connectivity index (χ3n) is 4.03. The molecule has 0 aromatic carbocycles. The standard InChI is InChI=1S/C13H19N3O5/c1-8-4-3-5-15(11(8)12(19)20)10(18)7-16-9(17)6-14(2)13(16)21/h8,11H,3-7H2,1-2H3,(H,19,20). The van der Waals surface area contributed by atoms with E-state index in [1.54, 1.807) is 6.92 Å². The van der Waals surface area contributed by atoms with Crippen molar-refractivity contribution in [3.8, 4) is 0 Å². The Morgan fingerprint density at radius 2 is 2.00 bits per heavy atom. The number of likely N-dealkylation sites (N-methyl/N-ethyl adjacent to an activating group) is 1. The average Bonchev–Trinajstić information content (AvgIpc) is 2.64. The number of carboxylic acids is 1. The van der Waals surface area contributed by atoms with Crippen LogP contribution in [-0.4, -0.2) is 76.3 Å². The Labute approximate surface area is 122 Å². The molecule has 8 nitrogen and oxygen atoms in total. The van der Waals surface area contributed by atoms with E-state index >= 15 is 0 Å². The van der Waals surface area contributed by atoms with Gasteiger partial charge in [-0.25, -0.2) is 9.59 Å². The van der Waals surface area contributed by atoms with Crippen LogP contribution in [0.5, 0.6) is 0 Å². The summed E-state index contributed by atoms with van der Waals surface area (Å²) in [6.45, 7) is 1.69. The number of likely N-dealkylation sites (tertiary alicyclic amines) is 1. The van der Waals surface area contributed by atoms with Crippen LogP contribution in [0.1, 0.15) is 19.8 Å². The zero-order valence-corrected chi connectivity index (χ0v) is 12.1. The topological polar surface area (TPSA) is 98.2 Å². The largest absolute Gasteiger partial charge is 0.480 e. The molecule has 8 heteroatoms. The van der Waals surface area contributed by atoms with Gasteiger partial charge in [-0.3, -0.25) is 14.5 Å². The molecule has 2 saturated heterocycles. The van der Waals surface area contributed by atoms with Crippen molar-refractivity contribution >= 4 is 23.8 Å². The van der Waals surface area contributed by atoms with Crippen LogP contribution in [0.3, 0.4) is 0 Å². The van der Waals surface area contributed by atoms with Crippen LogP contribution in [0.4, 0.5) is 4.79 Å². The van der Waals surface area contributed by atoms with Gasteiger partial charge in [0.2, 0.25) is 5.91 Å². The van der Waals surface area contributed by atoms with Gasteiger partial charge in [-0.2, -0.15) is 0 Å². The van der Waals surface area contributed by atoms with Crippen molar-refractivity contribution in [1.82, 2.24) is 14.7 Å². The van der Waals surface area contributed by atoms with Crippen molar-refractivity contribution < 1.29 is 24.3 Å². The summed E-state index contributed by atoms with van der Waals surface area (Å²) >= 11 is 0. The summed E-state index contributed by atoms with van der Waals surface area (Å²) in [6, 6.07) is -1.41. The molecule has 0 spiro atoms. The number of carboxylic acid groups (broad SMARTS) is 1. The Bertz CT molecular complexity index is 492. The summed E-state index contributed by atoms with van der Waals surface area (Å²) < 4.78 is 0. The molecule has 1 N–H and O–H groups in total. The van der Waals surface area contributed by atoms with E-state index in [0.717, 1.165) is 17.7 Å². The van der Waals surface area contributed by atoms with E-state index in [-0.39, 0.29) is 12.5 Å². The molecule has 2 aliphatic heterocycles. The molecule has 2 fully saturated rings. The Hall–Kier alpha value is -2.12. The SMILES string of the molecule is CC1CCCN(C(=O)CN2C(=O)CN(C)C2=O)C1C(=O)O. The average molecular weight is 297 g/mol. The number of rotatable bonds is 3. The van der Waals surface area contributed by atoms with Crippen molar-refractivity contribution in [2.45, 2.75) is 25.8 Å². The number of nitrogens with zero attached hydrogens (tertiary/aromatic N) is 3. The molecule has 2 heterocycles. The van der Waals surface area contributed by atoms with Crippen LogP contribution in [0.2, 0.25) is 0 Å². The third kappa shape index (κ3) is 2.84. The first-order valence-electron chi connectivity index (χ1n) is 6.90. The highest BCUT2D eigenvalue weighted by Gasteiger charge is 2.40. The van der Waals surface area contributed by atoms with Crippen LogP contribution in [0, 0.1) is 5.92 Å². The highest BCUT2D eigenvalue weighted by atomic mass is 16.4. The van der Waals surface area contributed by atoms with Gasteiger partial charge >= 0.3 is 12.0 Å². The van der Waals surface area contributed by atoms with E-state index in [4.69, 9.17) is 0 Å². The van der Waals surface area contributed by atoms with Crippen molar-refractivity contribution in [2.24, 2.45) is 5.92 Å².